The van der Waals surface area contributed by atoms with Crippen LogP contribution in [-0.4, -0.2) is 25.7 Å². The first kappa shape index (κ1) is 17.0. The Hall–Kier alpha value is -3.48. The molecule has 0 saturated heterocycles. The van der Waals surface area contributed by atoms with Gasteiger partial charge in [-0.05, 0) is 49.6 Å². The standard InChI is InChI=1S/C20H19N5O2/c1-11-4-6-13(3)14(8-11)10-21-19(26)17-18-20(27)22-15-9-12(2)5-7-16(15)25(18)24-23-17/h4-9H,10H2,1-3H3,(H,21,26)(H,22,27). The molecule has 2 heterocycles. The summed E-state index contributed by atoms with van der Waals surface area (Å²) in [4.78, 5) is 28.0. The van der Waals surface area contributed by atoms with Crippen molar-refractivity contribution in [3.05, 3.63) is 74.7 Å². The first-order chi connectivity index (χ1) is 12.9. The quantitative estimate of drug-likeness (QED) is 0.586. The molecule has 0 aliphatic heterocycles. The third-order valence-electron chi connectivity index (χ3n) is 4.67. The summed E-state index contributed by atoms with van der Waals surface area (Å²) in [6.45, 7) is 6.29. The molecule has 0 fully saturated rings. The van der Waals surface area contributed by atoms with Crippen LogP contribution >= 0.6 is 0 Å². The summed E-state index contributed by atoms with van der Waals surface area (Å²) < 4.78 is 1.42. The first-order valence-electron chi connectivity index (χ1n) is 8.66. The smallest absolute Gasteiger partial charge is 0.277 e. The van der Waals surface area contributed by atoms with Crippen molar-refractivity contribution < 1.29 is 4.79 Å². The Kier molecular flexibility index (Phi) is 3.99. The van der Waals surface area contributed by atoms with E-state index in [9.17, 15) is 9.59 Å². The third kappa shape index (κ3) is 2.97. The number of aryl methyl sites for hydroxylation is 3. The van der Waals surface area contributed by atoms with Crippen LogP contribution < -0.4 is 10.9 Å². The lowest BCUT2D eigenvalue weighted by molar-refractivity contribution is 0.0947. The largest absolute Gasteiger partial charge is 0.346 e. The number of H-pyrrole nitrogens is 1. The fraction of sp³-hybridized carbons (Fsp3) is 0.200. The van der Waals surface area contributed by atoms with E-state index in [0.29, 0.717) is 17.6 Å². The molecule has 0 aliphatic carbocycles. The summed E-state index contributed by atoms with van der Waals surface area (Å²) in [6.07, 6.45) is 0. The number of aromatic nitrogens is 4. The van der Waals surface area contributed by atoms with Crippen molar-refractivity contribution in [2.24, 2.45) is 0 Å². The van der Waals surface area contributed by atoms with E-state index in [-0.39, 0.29) is 11.2 Å². The average Bonchev–Trinajstić information content (AvgIpc) is 3.08. The minimum Gasteiger partial charge on any atom is -0.346 e. The zero-order valence-corrected chi connectivity index (χ0v) is 15.3. The van der Waals surface area contributed by atoms with Crippen molar-refractivity contribution in [3.63, 3.8) is 0 Å². The highest BCUT2D eigenvalue weighted by atomic mass is 16.2. The summed E-state index contributed by atoms with van der Waals surface area (Å²) in [5, 5.41) is 10.8. The second kappa shape index (κ2) is 6.35. The van der Waals surface area contributed by atoms with E-state index < -0.39 is 11.5 Å². The summed E-state index contributed by atoms with van der Waals surface area (Å²) >= 11 is 0. The van der Waals surface area contributed by atoms with Crippen LogP contribution in [0.1, 0.15) is 32.7 Å². The van der Waals surface area contributed by atoms with Crippen molar-refractivity contribution in [1.82, 2.24) is 25.1 Å². The van der Waals surface area contributed by atoms with Gasteiger partial charge in [-0.25, -0.2) is 4.52 Å². The zero-order valence-electron chi connectivity index (χ0n) is 15.3. The molecule has 7 nitrogen and oxygen atoms in total. The number of carbonyl (C=O) groups excluding carboxylic acids is 1. The minimum absolute atomic E-state index is 0.0176. The van der Waals surface area contributed by atoms with Gasteiger partial charge in [0.05, 0.1) is 11.0 Å². The van der Waals surface area contributed by atoms with Crippen LogP contribution in [0.3, 0.4) is 0 Å². The van der Waals surface area contributed by atoms with Gasteiger partial charge < -0.3 is 10.3 Å². The topological polar surface area (TPSA) is 92.2 Å². The fourth-order valence-electron chi connectivity index (χ4n) is 3.17. The highest BCUT2D eigenvalue weighted by molar-refractivity contribution is 5.99. The molecule has 27 heavy (non-hydrogen) atoms. The van der Waals surface area contributed by atoms with Crippen molar-refractivity contribution in [2.45, 2.75) is 27.3 Å². The van der Waals surface area contributed by atoms with Gasteiger partial charge in [0.2, 0.25) is 0 Å². The number of rotatable bonds is 3. The lowest BCUT2D eigenvalue weighted by Crippen LogP contribution is -2.25. The third-order valence-corrected chi connectivity index (χ3v) is 4.67. The van der Waals surface area contributed by atoms with Gasteiger partial charge in [0.1, 0.15) is 0 Å². The predicted molar refractivity (Wildman–Crippen MR) is 103 cm³/mol. The molecule has 2 aromatic carbocycles. The van der Waals surface area contributed by atoms with E-state index in [4.69, 9.17) is 0 Å². The number of amides is 1. The second-order valence-corrected chi connectivity index (χ2v) is 6.79. The van der Waals surface area contributed by atoms with Crippen LogP contribution in [-0.2, 0) is 6.54 Å². The minimum atomic E-state index is -0.428. The maximum atomic E-state index is 12.7. The van der Waals surface area contributed by atoms with E-state index >= 15 is 0 Å². The van der Waals surface area contributed by atoms with E-state index in [1.807, 2.05) is 57.2 Å². The molecule has 0 atom stereocenters. The monoisotopic (exact) mass is 361 g/mol. The fourth-order valence-corrected chi connectivity index (χ4v) is 3.17. The van der Waals surface area contributed by atoms with Crippen LogP contribution in [0.15, 0.2) is 41.2 Å². The molecule has 0 radical (unpaired) electrons. The molecule has 0 saturated carbocycles. The zero-order chi connectivity index (χ0) is 19.1. The Morgan fingerprint density at radius 1 is 1.11 bits per heavy atom. The van der Waals surface area contributed by atoms with Crippen molar-refractivity contribution in [2.75, 3.05) is 0 Å². The van der Waals surface area contributed by atoms with Crippen LogP contribution in [0.5, 0.6) is 0 Å². The number of fused-ring (bicyclic) bond motifs is 3. The van der Waals surface area contributed by atoms with Gasteiger partial charge in [-0.1, -0.05) is 35.0 Å². The molecule has 2 N–H and O–H groups in total. The molecule has 0 unspecified atom stereocenters. The summed E-state index contributed by atoms with van der Waals surface area (Å²) in [7, 11) is 0. The number of nitrogens with one attached hydrogen (secondary N) is 2. The van der Waals surface area contributed by atoms with Crippen molar-refractivity contribution in [1.29, 1.82) is 0 Å². The maximum absolute atomic E-state index is 12.7. The van der Waals surface area contributed by atoms with Gasteiger partial charge in [0.25, 0.3) is 11.5 Å². The molecule has 4 rings (SSSR count). The SMILES string of the molecule is Cc1ccc(C)c(CNC(=O)c2nnn3c2c(=O)[nH]c2cc(C)ccc23)c1. The molecule has 0 bridgehead atoms. The van der Waals surface area contributed by atoms with Crippen molar-refractivity contribution >= 4 is 22.5 Å². The lowest BCUT2D eigenvalue weighted by atomic mass is 10.1. The normalized spacial score (nSPS) is 11.2. The molecular weight excluding hydrogens is 342 g/mol. The Morgan fingerprint density at radius 3 is 2.67 bits per heavy atom. The summed E-state index contributed by atoms with van der Waals surface area (Å²) in [5.41, 5.74) is 5.36. The molecule has 7 heteroatoms. The van der Waals surface area contributed by atoms with Gasteiger partial charge in [0, 0.05) is 6.54 Å². The highest BCUT2D eigenvalue weighted by Crippen LogP contribution is 2.15. The van der Waals surface area contributed by atoms with Gasteiger partial charge in [-0.3, -0.25) is 9.59 Å². The molecule has 4 aromatic rings. The van der Waals surface area contributed by atoms with E-state index in [2.05, 4.69) is 20.6 Å². The van der Waals surface area contributed by atoms with Crippen LogP contribution in [0.25, 0.3) is 16.6 Å². The number of hydrogen-bond donors (Lipinski definition) is 2. The molecule has 0 spiro atoms. The Labute approximate surface area is 155 Å². The highest BCUT2D eigenvalue weighted by Gasteiger charge is 2.19. The lowest BCUT2D eigenvalue weighted by Gasteiger charge is -2.08. The number of nitrogens with zero attached hydrogens (tertiary/aromatic N) is 3. The number of benzene rings is 2. The van der Waals surface area contributed by atoms with Gasteiger partial charge in [0.15, 0.2) is 11.2 Å². The second-order valence-electron chi connectivity index (χ2n) is 6.79. The number of hydrogen-bond acceptors (Lipinski definition) is 4. The van der Waals surface area contributed by atoms with E-state index in [1.54, 1.807) is 0 Å². The van der Waals surface area contributed by atoms with Crippen LogP contribution in [0.4, 0.5) is 0 Å². The Balaban J connectivity index is 1.71. The Morgan fingerprint density at radius 2 is 1.85 bits per heavy atom. The summed E-state index contributed by atoms with van der Waals surface area (Å²) in [6, 6.07) is 11.7. The van der Waals surface area contributed by atoms with Gasteiger partial charge >= 0.3 is 0 Å². The number of aromatic amines is 1. The first-order valence-corrected chi connectivity index (χ1v) is 8.66. The molecule has 0 aliphatic rings. The van der Waals surface area contributed by atoms with E-state index in [0.717, 1.165) is 22.3 Å². The molecule has 136 valence electrons. The number of carbonyl (C=O) groups is 1. The van der Waals surface area contributed by atoms with Crippen molar-refractivity contribution in [3.8, 4) is 0 Å². The van der Waals surface area contributed by atoms with Crippen LogP contribution in [0, 0.1) is 20.8 Å². The molecule has 2 aromatic heterocycles. The van der Waals surface area contributed by atoms with Gasteiger partial charge in [-0.2, -0.15) is 0 Å². The molecular formula is C20H19N5O2. The Bertz CT molecular complexity index is 1250. The van der Waals surface area contributed by atoms with E-state index in [1.165, 1.54) is 4.52 Å². The predicted octanol–water partition coefficient (Wildman–Crippen LogP) is 2.43. The maximum Gasteiger partial charge on any atom is 0.277 e. The van der Waals surface area contributed by atoms with Gasteiger partial charge in [-0.15, -0.1) is 5.10 Å². The van der Waals surface area contributed by atoms with Crippen LogP contribution in [0.2, 0.25) is 0 Å². The average molecular weight is 361 g/mol. The summed E-state index contributed by atoms with van der Waals surface area (Å²) in [5.74, 6) is -0.428. The molecule has 1 amide bonds.